The lowest BCUT2D eigenvalue weighted by atomic mass is 10.0. The van der Waals surface area contributed by atoms with E-state index >= 15 is 0 Å². The van der Waals surface area contributed by atoms with Crippen molar-refractivity contribution in [3.8, 4) is 0 Å². The Hall–Kier alpha value is -3.27. The van der Waals surface area contributed by atoms with Gasteiger partial charge in [0.1, 0.15) is 0 Å². The molecule has 0 saturated carbocycles. The van der Waals surface area contributed by atoms with Gasteiger partial charge in [0.25, 0.3) is 0 Å². The van der Waals surface area contributed by atoms with Crippen LogP contribution in [-0.2, 0) is 19.7 Å². The van der Waals surface area contributed by atoms with Crippen LogP contribution in [0.15, 0.2) is 48.5 Å². The van der Waals surface area contributed by atoms with Gasteiger partial charge >= 0.3 is 6.03 Å². The van der Waals surface area contributed by atoms with E-state index < -0.39 is 19.7 Å². The quantitative estimate of drug-likeness (QED) is 0.384. The average molecular weight is 730 g/mol. The third-order valence-corrected chi connectivity index (χ3v) is 14.6. The maximum Gasteiger partial charge on any atom is 0.317 e. The lowest BCUT2D eigenvalue weighted by Crippen LogP contribution is -2.41. The first-order chi connectivity index (χ1) is 24.1. The van der Waals surface area contributed by atoms with Gasteiger partial charge in [-0.2, -0.15) is 0 Å². The summed E-state index contributed by atoms with van der Waals surface area (Å²) in [5.74, 6) is 3.56. The molecule has 0 radical (unpaired) electrons. The predicted molar refractivity (Wildman–Crippen MR) is 198 cm³/mol. The van der Waals surface area contributed by atoms with Crippen molar-refractivity contribution in [2.75, 3.05) is 134 Å². The highest BCUT2D eigenvalue weighted by Crippen LogP contribution is 2.35. The van der Waals surface area contributed by atoms with Crippen LogP contribution in [0.25, 0.3) is 0 Å². The van der Waals surface area contributed by atoms with Gasteiger partial charge in [-0.3, -0.25) is 0 Å². The molecule has 6 saturated heterocycles. The van der Waals surface area contributed by atoms with Crippen LogP contribution >= 0.6 is 0 Å². The zero-order chi connectivity index (χ0) is 34.9. The molecule has 2 aromatic rings. The van der Waals surface area contributed by atoms with Crippen LogP contribution in [0, 0.1) is 23.7 Å². The van der Waals surface area contributed by atoms with Crippen LogP contribution in [0.2, 0.25) is 0 Å². The molecule has 2 amide bonds. The molecule has 0 bridgehead atoms. The third-order valence-electron chi connectivity index (χ3n) is 11.4. The summed E-state index contributed by atoms with van der Waals surface area (Å²) in [7, 11) is -5.67. The number of hydrogen-bond acceptors (Lipinski definition) is 11. The molecule has 0 aromatic heterocycles. The third kappa shape index (κ3) is 8.11. The van der Waals surface area contributed by atoms with Crippen molar-refractivity contribution in [1.82, 2.24) is 15.5 Å². The molecule has 13 nitrogen and oxygen atoms in total. The highest BCUT2D eigenvalue weighted by Gasteiger charge is 2.42. The smallest absolute Gasteiger partial charge is 0.317 e. The van der Waals surface area contributed by atoms with Crippen molar-refractivity contribution in [2.24, 2.45) is 23.7 Å². The van der Waals surface area contributed by atoms with Gasteiger partial charge in [-0.25, -0.2) is 21.6 Å². The van der Waals surface area contributed by atoms with Crippen LogP contribution in [0.4, 0.5) is 27.5 Å². The lowest BCUT2D eigenvalue weighted by molar-refractivity contribution is 0.201. The normalized spacial score (nSPS) is 28.2. The van der Waals surface area contributed by atoms with E-state index in [1.807, 2.05) is 4.90 Å². The molecule has 6 aliphatic heterocycles. The summed E-state index contributed by atoms with van der Waals surface area (Å²) in [5, 5.41) is 15.0. The molecular weight excluding hydrogens is 679 g/mol. The Labute approximate surface area is 296 Å². The molecular formula is C35H51N7O6S2. The zero-order valence-electron chi connectivity index (χ0n) is 28.7. The van der Waals surface area contributed by atoms with Crippen molar-refractivity contribution in [3.05, 3.63) is 48.5 Å². The zero-order valence-corrected chi connectivity index (χ0v) is 30.3. The van der Waals surface area contributed by atoms with Gasteiger partial charge in [-0.1, -0.05) is 0 Å². The number of fused-ring (bicyclic) bond motifs is 2. The van der Waals surface area contributed by atoms with E-state index in [0.717, 1.165) is 75.6 Å². The molecule has 6 heterocycles. The van der Waals surface area contributed by atoms with E-state index in [0.29, 0.717) is 44.6 Å². The van der Waals surface area contributed by atoms with Crippen LogP contribution in [0.1, 0.15) is 0 Å². The topological polar surface area (TPSA) is 146 Å². The van der Waals surface area contributed by atoms with Gasteiger partial charge in [-0.15, -0.1) is 0 Å². The number of amides is 2. The highest BCUT2D eigenvalue weighted by molar-refractivity contribution is 7.91. The minimum Gasteiger partial charge on any atom is -0.395 e. The Balaban J connectivity index is 0.000000161. The molecule has 8 rings (SSSR count). The fourth-order valence-corrected chi connectivity index (χ4v) is 10.8. The van der Waals surface area contributed by atoms with Gasteiger partial charge in [-0.05, 0) is 60.4 Å². The molecule has 15 heteroatoms. The first kappa shape index (κ1) is 35.1. The van der Waals surface area contributed by atoms with Gasteiger partial charge < -0.3 is 40.2 Å². The first-order valence-corrected chi connectivity index (χ1v) is 21.7. The average Bonchev–Trinajstić information content (AvgIpc) is 3.90. The summed E-state index contributed by atoms with van der Waals surface area (Å²) >= 11 is 0. The monoisotopic (exact) mass is 729 g/mol. The van der Waals surface area contributed by atoms with Crippen molar-refractivity contribution in [2.45, 2.75) is 0 Å². The summed E-state index contributed by atoms with van der Waals surface area (Å²) < 4.78 is 46.2. The molecule has 274 valence electrons. The molecule has 0 unspecified atom stereocenters. The number of nitrogens with zero attached hydrogens (tertiary/aromatic N) is 5. The summed E-state index contributed by atoms with van der Waals surface area (Å²) in [6.07, 6.45) is 0. The second-order valence-electron chi connectivity index (χ2n) is 14.7. The number of nitrogens with one attached hydrogen (secondary N) is 2. The number of aliphatic hydroxyl groups is 1. The van der Waals surface area contributed by atoms with E-state index in [1.165, 1.54) is 11.4 Å². The van der Waals surface area contributed by atoms with Gasteiger partial charge in [0.2, 0.25) is 0 Å². The van der Waals surface area contributed by atoms with Crippen molar-refractivity contribution in [3.63, 3.8) is 0 Å². The molecule has 2 aromatic carbocycles. The second kappa shape index (κ2) is 14.8. The minimum atomic E-state index is -2.86. The number of sulfone groups is 2. The van der Waals surface area contributed by atoms with Crippen molar-refractivity contribution < 1.29 is 26.7 Å². The number of hydrogen-bond donors (Lipinski definition) is 3. The fourth-order valence-electron chi connectivity index (χ4n) is 8.40. The van der Waals surface area contributed by atoms with Crippen molar-refractivity contribution in [1.29, 1.82) is 0 Å². The van der Waals surface area contributed by atoms with Crippen LogP contribution in [0.5, 0.6) is 0 Å². The highest BCUT2D eigenvalue weighted by atomic mass is 32.2. The predicted octanol–water partition coefficient (Wildman–Crippen LogP) is 0.568. The number of urea groups is 1. The van der Waals surface area contributed by atoms with Crippen LogP contribution < -0.4 is 30.2 Å². The SMILES string of the molecule is O=C(NCCO)N1C[C@@H]2CN(c3ccc(N4CCS(=O)(=O)CC4)cc3)C[C@@H]2C1.O=S1(=O)CCN(c2ccc(N3C[C@H]4CNC[C@H]4C3)cc2)CC1. The Morgan fingerprint density at radius 2 is 0.960 bits per heavy atom. The summed E-state index contributed by atoms with van der Waals surface area (Å²) in [6.45, 7) is 10.6. The molecule has 50 heavy (non-hydrogen) atoms. The standard InChI is InChI=1S/C19H28N4O4S.C16H23N3O2S/c24-8-5-20-19(25)23-13-15-11-22(12-16(15)14-23)18-3-1-17(2-4-18)21-6-9-28(26,27)10-7-21;20-22(21)7-5-18(6-8-22)15-1-3-16(4-2-15)19-11-13-9-17-10-14(13)12-19/h1-4,15-16,24H,5-14H2,(H,20,25);1-4,13-14,17H,5-12H2/t15-,16+;13-,14+. The minimum absolute atomic E-state index is 0.0382. The van der Waals surface area contributed by atoms with E-state index in [1.54, 1.807) is 0 Å². The van der Waals surface area contributed by atoms with Gasteiger partial charge in [0.05, 0.1) is 29.6 Å². The first-order valence-electron chi connectivity index (χ1n) is 18.0. The van der Waals surface area contributed by atoms with E-state index in [4.69, 9.17) is 5.11 Å². The number of carbonyl (C=O) groups excluding carboxylic acids is 1. The number of rotatable bonds is 6. The number of likely N-dealkylation sites (tertiary alicyclic amines) is 1. The van der Waals surface area contributed by atoms with E-state index in [-0.39, 0.29) is 35.6 Å². The molecule has 0 spiro atoms. The van der Waals surface area contributed by atoms with Crippen LogP contribution in [-0.4, -0.2) is 148 Å². The molecule has 6 aliphatic rings. The number of anilines is 4. The van der Waals surface area contributed by atoms with Gasteiger partial charge in [0, 0.05) is 120 Å². The number of aliphatic hydroxyl groups excluding tert-OH is 1. The Morgan fingerprint density at radius 3 is 1.34 bits per heavy atom. The molecule has 4 atom stereocenters. The number of carbonyl (C=O) groups is 1. The molecule has 0 aliphatic carbocycles. The van der Waals surface area contributed by atoms with Gasteiger partial charge in [0.15, 0.2) is 19.7 Å². The second-order valence-corrected chi connectivity index (χ2v) is 19.3. The Morgan fingerprint density at radius 1 is 0.600 bits per heavy atom. The molecule has 3 N–H and O–H groups in total. The largest absolute Gasteiger partial charge is 0.395 e. The van der Waals surface area contributed by atoms with Crippen molar-refractivity contribution >= 4 is 48.5 Å². The molecule has 6 fully saturated rings. The summed E-state index contributed by atoms with van der Waals surface area (Å²) in [5.41, 5.74) is 4.69. The summed E-state index contributed by atoms with van der Waals surface area (Å²) in [4.78, 5) is 23.1. The summed E-state index contributed by atoms with van der Waals surface area (Å²) in [6, 6.07) is 17.0. The maximum atomic E-state index is 12.1. The van der Waals surface area contributed by atoms with E-state index in [9.17, 15) is 21.6 Å². The fraction of sp³-hybridized carbons (Fsp3) is 0.629. The number of benzene rings is 2. The Bertz CT molecular complexity index is 1660. The maximum absolute atomic E-state index is 12.1. The van der Waals surface area contributed by atoms with Crippen LogP contribution in [0.3, 0.4) is 0 Å². The van der Waals surface area contributed by atoms with E-state index in [2.05, 4.69) is 78.8 Å². The Kier molecular flexibility index (Phi) is 10.4. The lowest BCUT2D eigenvalue weighted by Gasteiger charge is -2.29.